The Morgan fingerprint density at radius 3 is 2.19 bits per heavy atom. The van der Waals surface area contributed by atoms with Crippen LogP contribution >= 0.6 is 15.9 Å². The molecule has 9 heteroatoms. The van der Waals surface area contributed by atoms with E-state index in [9.17, 15) is 13.2 Å². The van der Waals surface area contributed by atoms with Crippen LogP contribution in [0, 0.1) is 6.92 Å². The molecular weight excluding hydrogens is 540 g/mol. The predicted octanol–water partition coefficient (Wildman–Crippen LogP) is 4.52. The van der Waals surface area contributed by atoms with Crippen molar-refractivity contribution in [2.45, 2.75) is 24.8 Å². The Hall–Kier alpha value is -2.85. The zero-order valence-electron chi connectivity index (χ0n) is 20.1. The molecule has 0 aliphatic carbocycles. The van der Waals surface area contributed by atoms with Gasteiger partial charge >= 0.3 is 0 Å². The summed E-state index contributed by atoms with van der Waals surface area (Å²) in [5.41, 5.74) is 2.42. The summed E-state index contributed by atoms with van der Waals surface area (Å²) in [5, 5.41) is 0.569. The molecule has 0 bridgehead atoms. The van der Waals surface area contributed by atoms with Crippen LogP contribution in [0.3, 0.4) is 0 Å². The van der Waals surface area contributed by atoms with E-state index in [1.165, 1.54) is 4.31 Å². The maximum atomic E-state index is 13.6. The van der Waals surface area contributed by atoms with Gasteiger partial charge in [-0.25, -0.2) is 13.4 Å². The minimum Gasteiger partial charge on any atom is -0.291 e. The smallest absolute Gasteiger partial charge is 0.266 e. The molecular formula is C27H27BrN4O3S. The number of nitrogens with zero attached hydrogens (tertiary/aromatic N) is 4. The first-order valence-corrected chi connectivity index (χ1v) is 14.1. The third kappa shape index (κ3) is 4.64. The molecule has 0 N–H and O–H groups in total. The van der Waals surface area contributed by atoms with Crippen molar-refractivity contribution in [3.8, 4) is 5.69 Å². The van der Waals surface area contributed by atoms with Gasteiger partial charge in [0.25, 0.3) is 5.56 Å². The first kappa shape index (κ1) is 24.8. The molecule has 2 heterocycles. The van der Waals surface area contributed by atoms with E-state index in [1.807, 2.05) is 56.3 Å². The molecule has 186 valence electrons. The molecule has 4 aromatic rings. The van der Waals surface area contributed by atoms with Gasteiger partial charge in [-0.1, -0.05) is 45.8 Å². The normalized spacial score (nSPS) is 16.3. The van der Waals surface area contributed by atoms with Crippen LogP contribution in [0.4, 0.5) is 0 Å². The number of para-hydroxylation sites is 1. The third-order valence-electron chi connectivity index (χ3n) is 6.74. The molecule has 1 unspecified atom stereocenters. The first-order chi connectivity index (χ1) is 17.3. The van der Waals surface area contributed by atoms with Gasteiger partial charge in [0.1, 0.15) is 5.82 Å². The second-order valence-corrected chi connectivity index (χ2v) is 11.9. The summed E-state index contributed by atoms with van der Waals surface area (Å²) in [6.07, 6.45) is 0. The largest absolute Gasteiger partial charge is 0.291 e. The highest BCUT2D eigenvalue weighted by atomic mass is 79.9. The van der Waals surface area contributed by atoms with Crippen LogP contribution in [0.2, 0.25) is 0 Å². The van der Waals surface area contributed by atoms with Crippen LogP contribution in [-0.2, 0) is 10.0 Å². The van der Waals surface area contributed by atoms with Crippen LogP contribution in [0.5, 0.6) is 0 Å². The lowest BCUT2D eigenvalue weighted by atomic mass is 10.1. The molecule has 7 nitrogen and oxygen atoms in total. The number of sulfonamides is 1. The Morgan fingerprint density at radius 2 is 1.53 bits per heavy atom. The highest BCUT2D eigenvalue weighted by Crippen LogP contribution is 2.26. The van der Waals surface area contributed by atoms with Crippen LogP contribution in [-0.4, -0.2) is 53.4 Å². The summed E-state index contributed by atoms with van der Waals surface area (Å²) in [7, 11) is -3.57. The lowest BCUT2D eigenvalue weighted by Gasteiger charge is -2.37. The van der Waals surface area contributed by atoms with Gasteiger partial charge in [0.2, 0.25) is 10.0 Å². The SMILES string of the molecule is Cc1ccc(-n2c(C(C)N3CCN(S(=O)(=O)c4ccc(Br)cc4)CC3)nc3ccccc3c2=O)cc1. The van der Waals surface area contributed by atoms with E-state index in [2.05, 4.69) is 20.8 Å². The number of benzene rings is 3. The minimum absolute atomic E-state index is 0.109. The van der Waals surface area contributed by atoms with E-state index in [-0.39, 0.29) is 16.5 Å². The highest BCUT2D eigenvalue weighted by Gasteiger charge is 2.32. The molecule has 0 spiro atoms. The minimum atomic E-state index is -3.57. The van der Waals surface area contributed by atoms with Crippen LogP contribution in [0.25, 0.3) is 16.6 Å². The van der Waals surface area contributed by atoms with Crippen LogP contribution in [0.15, 0.2) is 87.0 Å². The maximum Gasteiger partial charge on any atom is 0.266 e. The molecule has 3 aromatic carbocycles. The number of fused-ring (bicyclic) bond motifs is 1. The fourth-order valence-electron chi connectivity index (χ4n) is 4.62. The topological polar surface area (TPSA) is 75.5 Å². The fourth-order valence-corrected chi connectivity index (χ4v) is 6.31. The van der Waals surface area contributed by atoms with E-state index < -0.39 is 10.0 Å². The van der Waals surface area contributed by atoms with Gasteiger partial charge in [-0.2, -0.15) is 4.31 Å². The Labute approximate surface area is 219 Å². The molecule has 1 aromatic heterocycles. The van der Waals surface area contributed by atoms with Crippen LogP contribution in [0.1, 0.15) is 24.4 Å². The van der Waals surface area contributed by atoms with Crippen LogP contribution < -0.4 is 5.56 Å². The fraction of sp³-hybridized carbons (Fsp3) is 0.259. The number of halogens is 1. The van der Waals surface area contributed by atoms with Crippen molar-refractivity contribution >= 4 is 36.9 Å². The van der Waals surface area contributed by atoms with E-state index in [4.69, 9.17) is 4.98 Å². The number of rotatable bonds is 5. The number of aryl methyl sites for hydroxylation is 1. The Balaban J connectivity index is 1.46. The van der Waals surface area contributed by atoms with Gasteiger partial charge in [-0.05, 0) is 62.4 Å². The number of piperazine rings is 1. The summed E-state index contributed by atoms with van der Waals surface area (Å²) in [6, 6.07) is 21.7. The van der Waals surface area contributed by atoms with Crippen molar-refractivity contribution in [3.05, 3.63) is 99.0 Å². The molecule has 1 aliphatic heterocycles. The zero-order chi connectivity index (χ0) is 25.4. The second-order valence-electron chi connectivity index (χ2n) is 9.03. The third-order valence-corrected chi connectivity index (χ3v) is 9.18. The second kappa shape index (κ2) is 9.89. The van der Waals surface area contributed by atoms with Crippen molar-refractivity contribution < 1.29 is 8.42 Å². The Bertz CT molecular complexity index is 1560. The molecule has 1 atom stereocenters. The molecule has 0 amide bonds. The number of aromatic nitrogens is 2. The Kier molecular flexibility index (Phi) is 6.82. The first-order valence-electron chi connectivity index (χ1n) is 11.8. The van der Waals surface area contributed by atoms with Gasteiger partial charge in [-0.15, -0.1) is 0 Å². The molecule has 0 radical (unpaired) electrons. The van der Waals surface area contributed by atoms with E-state index in [0.29, 0.717) is 42.9 Å². The molecule has 0 saturated carbocycles. The van der Waals surface area contributed by atoms with E-state index in [1.54, 1.807) is 34.9 Å². The molecule has 36 heavy (non-hydrogen) atoms. The standard InChI is InChI=1S/C27H27BrN4O3S/c1-19-7-11-22(12-8-19)32-26(29-25-6-4-3-5-24(25)27(32)33)20(2)30-15-17-31(18-16-30)36(34,35)23-13-9-21(28)10-14-23/h3-14,20H,15-18H2,1-2H3. The van der Waals surface area contributed by atoms with E-state index >= 15 is 0 Å². The number of hydrogen-bond donors (Lipinski definition) is 0. The summed E-state index contributed by atoms with van der Waals surface area (Å²) in [5.74, 6) is 0.645. The molecule has 1 aliphatic rings. The molecule has 1 fully saturated rings. The highest BCUT2D eigenvalue weighted by molar-refractivity contribution is 9.10. The lowest BCUT2D eigenvalue weighted by Crippen LogP contribution is -2.49. The summed E-state index contributed by atoms with van der Waals surface area (Å²) >= 11 is 3.36. The number of hydrogen-bond acceptors (Lipinski definition) is 5. The zero-order valence-corrected chi connectivity index (χ0v) is 22.5. The monoisotopic (exact) mass is 566 g/mol. The van der Waals surface area contributed by atoms with E-state index in [0.717, 1.165) is 15.7 Å². The summed E-state index contributed by atoms with van der Waals surface area (Å²) in [4.78, 5) is 21.0. The van der Waals surface area contributed by atoms with Crippen molar-refractivity contribution in [1.82, 2.24) is 18.8 Å². The average Bonchev–Trinajstić information content (AvgIpc) is 2.89. The van der Waals surface area contributed by atoms with Gasteiger partial charge in [-0.3, -0.25) is 14.3 Å². The molecule has 1 saturated heterocycles. The molecule has 5 rings (SSSR count). The van der Waals surface area contributed by atoms with Gasteiger partial charge < -0.3 is 0 Å². The van der Waals surface area contributed by atoms with Crippen molar-refractivity contribution in [2.24, 2.45) is 0 Å². The lowest BCUT2D eigenvalue weighted by molar-refractivity contribution is 0.140. The predicted molar refractivity (Wildman–Crippen MR) is 145 cm³/mol. The maximum absolute atomic E-state index is 13.6. The van der Waals surface area contributed by atoms with Gasteiger partial charge in [0, 0.05) is 30.7 Å². The van der Waals surface area contributed by atoms with Crippen molar-refractivity contribution in [3.63, 3.8) is 0 Å². The van der Waals surface area contributed by atoms with Gasteiger partial charge in [0.15, 0.2) is 0 Å². The summed E-state index contributed by atoms with van der Waals surface area (Å²) < 4.78 is 30.3. The van der Waals surface area contributed by atoms with Crippen molar-refractivity contribution in [2.75, 3.05) is 26.2 Å². The quantitative estimate of drug-likeness (QED) is 0.355. The van der Waals surface area contributed by atoms with Gasteiger partial charge in [0.05, 0.1) is 27.5 Å². The average molecular weight is 568 g/mol. The Morgan fingerprint density at radius 1 is 0.889 bits per heavy atom. The summed E-state index contributed by atoms with van der Waals surface area (Å²) in [6.45, 7) is 5.84. The van der Waals surface area contributed by atoms with Crippen molar-refractivity contribution in [1.29, 1.82) is 0 Å².